The third-order valence-electron chi connectivity index (χ3n) is 6.37. The molecule has 0 fully saturated rings. The Labute approximate surface area is 207 Å². The minimum absolute atomic E-state index is 0.0987. The summed E-state index contributed by atoms with van der Waals surface area (Å²) in [6.45, 7) is 0. The fourth-order valence-electron chi connectivity index (χ4n) is 4.69. The monoisotopic (exact) mass is 493 g/mol. The lowest BCUT2D eigenvalue weighted by Gasteiger charge is -2.31. The number of nitrogens with zero attached hydrogens (tertiary/aromatic N) is 2. The highest BCUT2D eigenvalue weighted by molar-refractivity contribution is 6.35. The van der Waals surface area contributed by atoms with Crippen molar-refractivity contribution in [2.75, 3.05) is 11.9 Å². The Morgan fingerprint density at radius 1 is 0.971 bits per heavy atom. The molecule has 3 aromatic rings. The Morgan fingerprint density at radius 3 is 2.44 bits per heavy atom. The van der Waals surface area contributed by atoms with Gasteiger partial charge in [0.2, 0.25) is 5.91 Å². The van der Waals surface area contributed by atoms with Gasteiger partial charge in [-0.25, -0.2) is 0 Å². The first-order valence-electron chi connectivity index (χ1n) is 10.9. The number of rotatable bonds is 4. The van der Waals surface area contributed by atoms with Crippen LogP contribution in [0.4, 0.5) is 5.69 Å². The Balaban J connectivity index is 1.47. The molecule has 34 heavy (non-hydrogen) atoms. The molecule has 6 nitrogen and oxygen atoms in total. The lowest BCUT2D eigenvalue weighted by atomic mass is 9.96. The number of hydrogen-bond donors (Lipinski definition) is 1. The van der Waals surface area contributed by atoms with Crippen LogP contribution in [0.3, 0.4) is 0 Å². The molecule has 5 rings (SSSR count). The molecule has 3 aromatic carbocycles. The number of carbonyl (C=O) groups excluding carboxylic acids is 3. The largest absolute Gasteiger partial charge is 0.328 e. The van der Waals surface area contributed by atoms with Crippen LogP contribution in [0.15, 0.2) is 66.7 Å². The van der Waals surface area contributed by atoms with Gasteiger partial charge in [0.15, 0.2) is 6.17 Å². The van der Waals surface area contributed by atoms with E-state index in [2.05, 4.69) is 5.32 Å². The number of amides is 3. The minimum atomic E-state index is -1.14. The van der Waals surface area contributed by atoms with Gasteiger partial charge in [-0.05, 0) is 41.8 Å². The topological polar surface area (TPSA) is 69.7 Å². The lowest BCUT2D eigenvalue weighted by Crippen LogP contribution is -2.56. The predicted octanol–water partition coefficient (Wildman–Crippen LogP) is 4.59. The van der Waals surface area contributed by atoms with Gasteiger partial charge in [0, 0.05) is 40.3 Å². The van der Waals surface area contributed by atoms with Gasteiger partial charge in [-0.1, -0.05) is 65.7 Å². The SMILES string of the molecule is CN1C(=O)C(NC(=O)CCc2ccc(Cl)cc2Cl)N2C(=O)c3ccccc3[C@H]2c2ccccc21. The lowest BCUT2D eigenvalue weighted by molar-refractivity contribution is -0.130. The summed E-state index contributed by atoms with van der Waals surface area (Å²) < 4.78 is 0. The maximum Gasteiger partial charge on any atom is 0.270 e. The van der Waals surface area contributed by atoms with E-state index in [1.165, 1.54) is 9.80 Å². The van der Waals surface area contributed by atoms with E-state index in [0.29, 0.717) is 27.7 Å². The van der Waals surface area contributed by atoms with Crippen molar-refractivity contribution < 1.29 is 14.4 Å². The van der Waals surface area contributed by atoms with Gasteiger partial charge in [0.05, 0.1) is 6.04 Å². The summed E-state index contributed by atoms with van der Waals surface area (Å²) in [6.07, 6.45) is -0.673. The van der Waals surface area contributed by atoms with Crippen molar-refractivity contribution in [1.29, 1.82) is 0 Å². The Morgan fingerprint density at radius 2 is 1.68 bits per heavy atom. The third-order valence-corrected chi connectivity index (χ3v) is 6.95. The summed E-state index contributed by atoms with van der Waals surface area (Å²) in [5.41, 5.74) is 3.67. The molecule has 0 spiro atoms. The van der Waals surface area contributed by atoms with E-state index in [1.54, 1.807) is 37.4 Å². The molecule has 2 aliphatic heterocycles. The Hall–Kier alpha value is -3.35. The maximum atomic E-state index is 13.5. The summed E-state index contributed by atoms with van der Waals surface area (Å²) in [5.74, 6) is -1.02. The summed E-state index contributed by atoms with van der Waals surface area (Å²) in [5, 5.41) is 3.81. The highest BCUT2D eigenvalue weighted by atomic mass is 35.5. The number of benzene rings is 3. The van der Waals surface area contributed by atoms with Crippen molar-refractivity contribution in [3.63, 3.8) is 0 Å². The average molecular weight is 494 g/mol. The van der Waals surface area contributed by atoms with Crippen molar-refractivity contribution in [2.24, 2.45) is 0 Å². The zero-order chi connectivity index (χ0) is 24.0. The molecule has 2 atom stereocenters. The molecule has 2 heterocycles. The first-order chi connectivity index (χ1) is 16.4. The van der Waals surface area contributed by atoms with E-state index in [1.807, 2.05) is 36.4 Å². The normalized spacial score (nSPS) is 18.8. The standard InChI is InChI=1S/C26H21Cl2N3O3/c1-30-21-9-5-4-8-19(21)23-17-6-2-3-7-18(17)25(33)31(23)24(26(30)34)29-22(32)13-11-15-10-12-16(27)14-20(15)28/h2-10,12,14,23-24H,11,13H2,1H3,(H,29,32)/t23-,24?/m0/s1. The fourth-order valence-corrected chi connectivity index (χ4v) is 5.20. The van der Waals surface area contributed by atoms with Crippen LogP contribution in [-0.2, 0) is 16.0 Å². The Kier molecular flexibility index (Phi) is 5.80. The van der Waals surface area contributed by atoms with Crippen LogP contribution in [0, 0.1) is 0 Å². The van der Waals surface area contributed by atoms with Crippen molar-refractivity contribution in [2.45, 2.75) is 25.0 Å². The summed E-state index contributed by atoms with van der Waals surface area (Å²) in [7, 11) is 1.66. The van der Waals surface area contributed by atoms with Crippen LogP contribution in [0.1, 0.15) is 39.5 Å². The van der Waals surface area contributed by atoms with Crippen LogP contribution in [0.2, 0.25) is 10.0 Å². The van der Waals surface area contributed by atoms with Crippen LogP contribution in [-0.4, -0.2) is 35.8 Å². The molecule has 1 unspecified atom stereocenters. The van der Waals surface area contributed by atoms with Gasteiger partial charge in [-0.3, -0.25) is 19.3 Å². The van der Waals surface area contributed by atoms with Crippen LogP contribution < -0.4 is 10.2 Å². The number of likely N-dealkylation sites (N-methyl/N-ethyl adjacent to an activating group) is 1. The molecule has 0 radical (unpaired) electrons. The number of hydrogen-bond acceptors (Lipinski definition) is 3. The Bertz CT molecular complexity index is 1330. The number of aryl methyl sites for hydroxylation is 1. The smallest absolute Gasteiger partial charge is 0.270 e. The molecule has 0 aliphatic carbocycles. The maximum absolute atomic E-state index is 13.5. The van der Waals surface area contributed by atoms with Gasteiger partial charge >= 0.3 is 0 Å². The zero-order valence-corrected chi connectivity index (χ0v) is 19.8. The van der Waals surface area contributed by atoms with E-state index in [4.69, 9.17) is 23.2 Å². The van der Waals surface area contributed by atoms with Crippen LogP contribution >= 0.6 is 23.2 Å². The number of nitrogens with one attached hydrogen (secondary N) is 1. The molecule has 0 bridgehead atoms. The number of carbonyl (C=O) groups is 3. The second-order valence-electron chi connectivity index (χ2n) is 8.36. The first kappa shape index (κ1) is 22.4. The summed E-state index contributed by atoms with van der Waals surface area (Å²) in [4.78, 5) is 43.0. The number of fused-ring (bicyclic) bond motifs is 5. The highest BCUT2D eigenvalue weighted by Crippen LogP contribution is 2.44. The van der Waals surface area contributed by atoms with Crippen LogP contribution in [0.5, 0.6) is 0 Å². The second-order valence-corrected chi connectivity index (χ2v) is 9.21. The van der Waals surface area contributed by atoms with Gasteiger partial charge in [-0.2, -0.15) is 0 Å². The molecular formula is C26H21Cl2N3O3. The van der Waals surface area contributed by atoms with Crippen molar-refractivity contribution in [3.8, 4) is 0 Å². The molecule has 2 aliphatic rings. The fraction of sp³-hybridized carbons (Fsp3) is 0.192. The predicted molar refractivity (Wildman–Crippen MR) is 131 cm³/mol. The molecule has 0 saturated carbocycles. The molecule has 3 amide bonds. The quantitative estimate of drug-likeness (QED) is 0.577. The first-order valence-corrected chi connectivity index (χ1v) is 11.6. The molecule has 0 saturated heterocycles. The van der Waals surface area contributed by atoms with E-state index in [9.17, 15) is 14.4 Å². The minimum Gasteiger partial charge on any atom is -0.328 e. The average Bonchev–Trinajstić information content (AvgIpc) is 3.08. The van der Waals surface area contributed by atoms with Crippen molar-refractivity contribution in [1.82, 2.24) is 10.2 Å². The van der Waals surface area contributed by atoms with Crippen molar-refractivity contribution >= 4 is 46.6 Å². The van der Waals surface area contributed by atoms with Crippen LogP contribution in [0.25, 0.3) is 0 Å². The second kappa shape index (κ2) is 8.78. The molecule has 0 aromatic heterocycles. The van der Waals surface area contributed by atoms with Gasteiger partial charge in [0.1, 0.15) is 0 Å². The molecule has 8 heteroatoms. The van der Waals surface area contributed by atoms with E-state index in [0.717, 1.165) is 16.7 Å². The van der Waals surface area contributed by atoms with Gasteiger partial charge < -0.3 is 10.2 Å². The van der Waals surface area contributed by atoms with E-state index < -0.39 is 12.2 Å². The summed E-state index contributed by atoms with van der Waals surface area (Å²) >= 11 is 12.2. The highest BCUT2D eigenvalue weighted by Gasteiger charge is 2.48. The number of para-hydroxylation sites is 1. The van der Waals surface area contributed by atoms with Gasteiger partial charge in [-0.15, -0.1) is 0 Å². The number of halogens is 2. The molecule has 1 N–H and O–H groups in total. The van der Waals surface area contributed by atoms with Crippen molar-refractivity contribution in [3.05, 3.63) is 99.0 Å². The molecule has 172 valence electrons. The number of anilines is 1. The van der Waals surface area contributed by atoms with E-state index >= 15 is 0 Å². The van der Waals surface area contributed by atoms with Gasteiger partial charge in [0.25, 0.3) is 11.8 Å². The third kappa shape index (κ3) is 3.73. The summed E-state index contributed by atoms with van der Waals surface area (Å²) in [6, 6.07) is 19.5. The molecular weight excluding hydrogens is 473 g/mol. The van der Waals surface area contributed by atoms with E-state index in [-0.39, 0.29) is 24.1 Å². The zero-order valence-electron chi connectivity index (χ0n) is 18.3.